The molecule has 3 nitrogen and oxygen atoms in total. The van der Waals surface area contributed by atoms with E-state index in [2.05, 4.69) is 4.98 Å². The average Bonchev–Trinajstić information content (AvgIpc) is 2.17. The third-order valence-electron chi connectivity index (χ3n) is 2.28. The molecule has 1 aliphatic rings. The number of aryl methyl sites for hydroxylation is 1. The van der Waals surface area contributed by atoms with Crippen LogP contribution in [0.1, 0.15) is 25.0 Å². The maximum absolute atomic E-state index is 5.91. The zero-order chi connectivity index (χ0) is 10.7. The fourth-order valence-electron chi connectivity index (χ4n) is 1.60. The van der Waals surface area contributed by atoms with E-state index in [1.54, 1.807) is 12.1 Å². The first-order valence-electron chi connectivity index (χ1n) is 5.16. The maximum atomic E-state index is 5.91. The van der Waals surface area contributed by atoms with Gasteiger partial charge in [-0.2, -0.15) is 0 Å². The van der Waals surface area contributed by atoms with Crippen LogP contribution in [-0.2, 0) is 4.74 Å². The summed E-state index contributed by atoms with van der Waals surface area (Å²) >= 11 is 5.91. The summed E-state index contributed by atoms with van der Waals surface area (Å²) in [5.74, 6) is 0.548. The second-order valence-electron chi connectivity index (χ2n) is 3.68. The quantitative estimate of drug-likeness (QED) is 0.779. The van der Waals surface area contributed by atoms with E-state index in [0.717, 1.165) is 31.6 Å². The van der Waals surface area contributed by atoms with Crippen LogP contribution in [0, 0.1) is 6.92 Å². The Morgan fingerprint density at radius 1 is 1.47 bits per heavy atom. The molecule has 0 aliphatic carbocycles. The molecule has 0 radical (unpaired) electrons. The molecule has 0 saturated carbocycles. The smallest absolute Gasteiger partial charge is 0.217 e. The number of ether oxygens (including phenoxy) is 2. The van der Waals surface area contributed by atoms with Crippen molar-refractivity contribution in [3.05, 3.63) is 22.8 Å². The molecule has 1 aromatic heterocycles. The first-order chi connectivity index (χ1) is 7.24. The Hall–Kier alpha value is -0.800. The second kappa shape index (κ2) is 4.81. The number of nitrogens with zero attached hydrogens (tertiary/aromatic N) is 1. The predicted molar refractivity (Wildman–Crippen MR) is 58.2 cm³/mol. The molecule has 0 amide bonds. The number of aromatic nitrogens is 1. The fraction of sp³-hybridized carbons (Fsp3) is 0.545. The molecule has 1 aliphatic heterocycles. The summed E-state index contributed by atoms with van der Waals surface area (Å²) in [7, 11) is 0. The summed E-state index contributed by atoms with van der Waals surface area (Å²) in [6.07, 6.45) is 3.02. The minimum absolute atomic E-state index is 0.163. The molecule has 1 saturated heterocycles. The standard InChI is InChI=1S/C11H14ClNO2/c1-8-6-9(12)7-10(13-8)15-11-4-2-3-5-14-11/h6-7,11H,2-5H2,1H3/t11-/m0/s1. The SMILES string of the molecule is Cc1cc(Cl)cc(O[C@H]2CCCCO2)n1. The van der Waals surface area contributed by atoms with Crippen molar-refractivity contribution in [2.45, 2.75) is 32.5 Å². The third-order valence-corrected chi connectivity index (χ3v) is 2.50. The van der Waals surface area contributed by atoms with Crippen molar-refractivity contribution in [3.63, 3.8) is 0 Å². The molecule has 0 spiro atoms. The molecular formula is C11H14ClNO2. The zero-order valence-corrected chi connectivity index (χ0v) is 9.46. The monoisotopic (exact) mass is 227 g/mol. The van der Waals surface area contributed by atoms with Crippen LogP contribution in [0.25, 0.3) is 0 Å². The number of hydrogen-bond donors (Lipinski definition) is 0. The van der Waals surface area contributed by atoms with Crippen molar-refractivity contribution in [1.82, 2.24) is 4.98 Å². The van der Waals surface area contributed by atoms with Gasteiger partial charge in [0.05, 0.1) is 6.61 Å². The van der Waals surface area contributed by atoms with E-state index in [4.69, 9.17) is 21.1 Å². The summed E-state index contributed by atoms with van der Waals surface area (Å²) in [5, 5.41) is 0.647. The van der Waals surface area contributed by atoms with Gasteiger partial charge in [0.25, 0.3) is 0 Å². The molecule has 4 heteroatoms. The lowest BCUT2D eigenvalue weighted by Gasteiger charge is -2.22. The first-order valence-corrected chi connectivity index (χ1v) is 5.54. The summed E-state index contributed by atoms with van der Waals surface area (Å²) in [5.41, 5.74) is 0.855. The largest absolute Gasteiger partial charge is 0.448 e. The summed E-state index contributed by atoms with van der Waals surface area (Å²) in [6.45, 7) is 2.66. The highest BCUT2D eigenvalue weighted by molar-refractivity contribution is 6.30. The van der Waals surface area contributed by atoms with Gasteiger partial charge < -0.3 is 9.47 Å². The molecule has 0 N–H and O–H groups in total. The molecule has 1 atom stereocenters. The van der Waals surface area contributed by atoms with Crippen LogP contribution in [0.5, 0.6) is 5.88 Å². The van der Waals surface area contributed by atoms with E-state index in [1.165, 1.54) is 0 Å². The molecule has 0 unspecified atom stereocenters. The highest BCUT2D eigenvalue weighted by Crippen LogP contribution is 2.21. The minimum Gasteiger partial charge on any atom is -0.448 e. The average molecular weight is 228 g/mol. The van der Waals surface area contributed by atoms with Crippen LogP contribution in [0.4, 0.5) is 0 Å². The van der Waals surface area contributed by atoms with Gasteiger partial charge in [0.15, 0.2) is 0 Å². The normalized spacial score (nSPS) is 21.3. The first kappa shape index (κ1) is 10.7. The van der Waals surface area contributed by atoms with Gasteiger partial charge in [0.2, 0.25) is 12.2 Å². The van der Waals surface area contributed by atoms with E-state index in [0.29, 0.717) is 10.9 Å². The number of halogens is 1. The van der Waals surface area contributed by atoms with Gasteiger partial charge >= 0.3 is 0 Å². The lowest BCUT2D eigenvalue weighted by Crippen LogP contribution is -2.25. The molecule has 0 aromatic carbocycles. The number of hydrogen-bond acceptors (Lipinski definition) is 3. The predicted octanol–water partition coefficient (Wildman–Crippen LogP) is 2.95. The second-order valence-corrected chi connectivity index (χ2v) is 4.12. The van der Waals surface area contributed by atoms with Crippen LogP contribution in [0.2, 0.25) is 5.02 Å². The van der Waals surface area contributed by atoms with Gasteiger partial charge in [-0.1, -0.05) is 11.6 Å². The molecule has 2 rings (SSSR count). The van der Waals surface area contributed by atoms with Crippen LogP contribution >= 0.6 is 11.6 Å². The molecule has 82 valence electrons. The van der Waals surface area contributed by atoms with Crippen molar-refractivity contribution in [2.75, 3.05) is 6.61 Å². The maximum Gasteiger partial charge on any atom is 0.217 e. The lowest BCUT2D eigenvalue weighted by molar-refractivity contribution is -0.107. The Bertz CT molecular complexity index is 317. The van der Waals surface area contributed by atoms with Gasteiger partial charge in [-0.05, 0) is 25.8 Å². The fourth-order valence-corrected chi connectivity index (χ4v) is 1.85. The summed E-state index contributed by atoms with van der Waals surface area (Å²) in [4.78, 5) is 4.24. The van der Waals surface area contributed by atoms with Crippen molar-refractivity contribution in [3.8, 4) is 5.88 Å². The Kier molecular flexibility index (Phi) is 3.44. The zero-order valence-electron chi connectivity index (χ0n) is 8.70. The minimum atomic E-state index is -0.163. The van der Waals surface area contributed by atoms with E-state index >= 15 is 0 Å². The van der Waals surface area contributed by atoms with Crippen molar-refractivity contribution in [1.29, 1.82) is 0 Å². The Morgan fingerprint density at radius 2 is 2.33 bits per heavy atom. The molecule has 1 aromatic rings. The van der Waals surface area contributed by atoms with Crippen molar-refractivity contribution >= 4 is 11.6 Å². The summed E-state index contributed by atoms with van der Waals surface area (Å²) in [6, 6.07) is 3.52. The van der Waals surface area contributed by atoms with Crippen LogP contribution < -0.4 is 4.74 Å². The topological polar surface area (TPSA) is 31.4 Å². The van der Waals surface area contributed by atoms with Gasteiger partial charge in [0.1, 0.15) is 0 Å². The third kappa shape index (κ3) is 3.08. The molecule has 2 heterocycles. The highest BCUT2D eigenvalue weighted by Gasteiger charge is 2.15. The Morgan fingerprint density at radius 3 is 3.00 bits per heavy atom. The van der Waals surface area contributed by atoms with Gasteiger partial charge in [-0.15, -0.1) is 0 Å². The molecular weight excluding hydrogens is 214 g/mol. The number of rotatable bonds is 2. The van der Waals surface area contributed by atoms with E-state index in [9.17, 15) is 0 Å². The Balaban J connectivity index is 2.02. The van der Waals surface area contributed by atoms with E-state index in [-0.39, 0.29) is 6.29 Å². The Labute approximate surface area is 94.4 Å². The molecule has 0 bridgehead atoms. The van der Waals surface area contributed by atoms with E-state index < -0.39 is 0 Å². The van der Waals surface area contributed by atoms with Crippen LogP contribution in [0.3, 0.4) is 0 Å². The van der Waals surface area contributed by atoms with Gasteiger partial charge in [-0.25, -0.2) is 4.98 Å². The van der Waals surface area contributed by atoms with Crippen molar-refractivity contribution in [2.24, 2.45) is 0 Å². The lowest BCUT2D eigenvalue weighted by atomic mass is 10.2. The van der Waals surface area contributed by atoms with Gasteiger partial charge in [0, 0.05) is 23.2 Å². The highest BCUT2D eigenvalue weighted by atomic mass is 35.5. The number of pyridine rings is 1. The van der Waals surface area contributed by atoms with Crippen LogP contribution in [0.15, 0.2) is 12.1 Å². The van der Waals surface area contributed by atoms with Crippen molar-refractivity contribution < 1.29 is 9.47 Å². The summed E-state index contributed by atoms with van der Waals surface area (Å²) < 4.78 is 11.1. The molecule has 1 fully saturated rings. The van der Waals surface area contributed by atoms with Gasteiger partial charge in [-0.3, -0.25) is 0 Å². The molecule has 15 heavy (non-hydrogen) atoms. The van der Waals surface area contributed by atoms with Crippen LogP contribution in [-0.4, -0.2) is 17.9 Å². The van der Waals surface area contributed by atoms with E-state index in [1.807, 2.05) is 6.92 Å².